The van der Waals surface area contributed by atoms with Gasteiger partial charge in [0.25, 0.3) is 0 Å². The van der Waals surface area contributed by atoms with Gasteiger partial charge in [-0.25, -0.2) is 9.98 Å². The third-order valence-corrected chi connectivity index (χ3v) is 10.8. The van der Waals surface area contributed by atoms with Gasteiger partial charge in [-0.3, -0.25) is 9.97 Å². The number of amidine groups is 2. The zero-order chi connectivity index (χ0) is 35.5. The molecular formula is C48H35N5. The molecule has 8 aromatic rings. The molecule has 1 aliphatic heterocycles. The Balaban J connectivity index is 1.26. The second kappa shape index (κ2) is 12.2. The second-order valence-electron chi connectivity index (χ2n) is 14.3. The average Bonchev–Trinajstić information content (AvgIpc) is 3.47. The normalized spacial score (nSPS) is 15.7. The van der Waals surface area contributed by atoms with E-state index in [4.69, 9.17) is 20.0 Å². The molecule has 5 heteroatoms. The van der Waals surface area contributed by atoms with Gasteiger partial charge in [0.05, 0.1) is 11.0 Å². The molecule has 0 amide bonds. The number of rotatable bonds is 5. The average molecular weight is 682 g/mol. The Morgan fingerprint density at radius 1 is 0.528 bits per heavy atom. The van der Waals surface area contributed by atoms with Crippen molar-refractivity contribution in [2.45, 2.75) is 25.4 Å². The predicted octanol–water partition coefficient (Wildman–Crippen LogP) is 10.9. The molecule has 2 aliphatic rings. The Labute approximate surface area is 308 Å². The van der Waals surface area contributed by atoms with Crippen LogP contribution in [0.15, 0.2) is 174 Å². The van der Waals surface area contributed by atoms with Crippen molar-refractivity contribution in [3.63, 3.8) is 0 Å². The van der Waals surface area contributed by atoms with Crippen LogP contribution in [0.5, 0.6) is 0 Å². The summed E-state index contributed by atoms with van der Waals surface area (Å²) >= 11 is 0. The molecule has 1 atom stereocenters. The van der Waals surface area contributed by atoms with Gasteiger partial charge in [-0.2, -0.15) is 0 Å². The van der Waals surface area contributed by atoms with Gasteiger partial charge in [0.15, 0.2) is 5.84 Å². The number of pyridine rings is 2. The van der Waals surface area contributed by atoms with Crippen molar-refractivity contribution >= 4 is 33.5 Å². The Bertz CT molecular complexity index is 2780. The van der Waals surface area contributed by atoms with E-state index in [-0.39, 0.29) is 11.6 Å². The van der Waals surface area contributed by atoms with Crippen molar-refractivity contribution in [3.05, 3.63) is 192 Å². The van der Waals surface area contributed by atoms with Crippen LogP contribution in [0.1, 0.15) is 47.8 Å². The summed E-state index contributed by atoms with van der Waals surface area (Å²) in [7, 11) is 0. The summed E-state index contributed by atoms with van der Waals surface area (Å²) in [4.78, 5) is 20.1. The molecule has 0 bridgehead atoms. The van der Waals surface area contributed by atoms with Gasteiger partial charge in [-0.05, 0) is 86.5 Å². The molecule has 0 fully saturated rings. The van der Waals surface area contributed by atoms with Crippen LogP contribution in [0.4, 0.5) is 0 Å². The number of nitrogens with one attached hydrogen (secondary N) is 1. The van der Waals surface area contributed by atoms with E-state index in [9.17, 15) is 0 Å². The van der Waals surface area contributed by atoms with Crippen LogP contribution in [-0.2, 0) is 5.41 Å². The molecule has 0 spiro atoms. The first-order valence-electron chi connectivity index (χ1n) is 18.1. The molecule has 0 saturated heterocycles. The summed E-state index contributed by atoms with van der Waals surface area (Å²) in [6.07, 6.45) is 3.38. The summed E-state index contributed by atoms with van der Waals surface area (Å²) in [5.41, 5.74) is 14.4. The number of aromatic nitrogens is 2. The van der Waals surface area contributed by atoms with E-state index in [0.717, 1.165) is 61.0 Å². The van der Waals surface area contributed by atoms with Gasteiger partial charge in [0.1, 0.15) is 12.0 Å². The van der Waals surface area contributed by atoms with E-state index >= 15 is 0 Å². The maximum absolute atomic E-state index is 5.31. The Morgan fingerprint density at radius 3 is 2.02 bits per heavy atom. The van der Waals surface area contributed by atoms with Gasteiger partial charge in [-0.15, -0.1) is 0 Å². The van der Waals surface area contributed by atoms with E-state index in [1.165, 1.54) is 27.8 Å². The largest absolute Gasteiger partial charge is 0.344 e. The summed E-state index contributed by atoms with van der Waals surface area (Å²) < 4.78 is 0. The van der Waals surface area contributed by atoms with Crippen LogP contribution >= 0.6 is 0 Å². The summed E-state index contributed by atoms with van der Waals surface area (Å²) in [6, 6.07) is 53.6. The highest BCUT2D eigenvalue weighted by Gasteiger charge is 2.36. The monoisotopic (exact) mass is 681 g/mol. The van der Waals surface area contributed by atoms with Crippen LogP contribution in [0.25, 0.3) is 55.2 Å². The Morgan fingerprint density at radius 2 is 1.19 bits per heavy atom. The Hall–Kier alpha value is -6.72. The van der Waals surface area contributed by atoms with Crippen molar-refractivity contribution in [3.8, 4) is 33.4 Å². The van der Waals surface area contributed by atoms with Crippen LogP contribution in [0.3, 0.4) is 0 Å². The first kappa shape index (κ1) is 31.1. The van der Waals surface area contributed by atoms with Crippen molar-refractivity contribution in [1.29, 1.82) is 0 Å². The fraction of sp³-hybridized carbons (Fsp3) is 0.0833. The van der Waals surface area contributed by atoms with Crippen molar-refractivity contribution in [2.75, 3.05) is 0 Å². The van der Waals surface area contributed by atoms with E-state index in [1.54, 1.807) is 0 Å². The lowest BCUT2D eigenvalue weighted by atomic mass is 9.82. The molecule has 10 rings (SSSR count). The topological polar surface area (TPSA) is 62.5 Å². The second-order valence-corrected chi connectivity index (χ2v) is 14.3. The molecule has 2 aromatic heterocycles. The molecule has 3 heterocycles. The highest BCUT2D eigenvalue weighted by Crippen LogP contribution is 2.52. The molecule has 1 N–H and O–H groups in total. The van der Waals surface area contributed by atoms with Gasteiger partial charge in [0, 0.05) is 39.7 Å². The highest BCUT2D eigenvalue weighted by atomic mass is 15.2. The smallest absolute Gasteiger partial charge is 0.159 e. The summed E-state index contributed by atoms with van der Waals surface area (Å²) in [5, 5.41) is 5.72. The SMILES string of the molecule is CC1(C)c2ccccc2-c2c(-c3cc(C4=NC(c5ccccc5)NC(c5ccccc5)=N4)cc(-c4cc5cccnc5c5ncccc45)c3)cccc21. The molecule has 5 nitrogen and oxygen atoms in total. The number of hydrogen-bond donors (Lipinski definition) is 1. The fourth-order valence-electron chi connectivity index (χ4n) is 8.21. The van der Waals surface area contributed by atoms with Crippen molar-refractivity contribution in [2.24, 2.45) is 9.98 Å². The molecule has 252 valence electrons. The zero-order valence-corrected chi connectivity index (χ0v) is 29.5. The lowest BCUT2D eigenvalue weighted by Gasteiger charge is -2.24. The van der Waals surface area contributed by atoms with Crippen molar-refractivity contribution < 1.29 is 0 Å². The quantitative estimate of drug-likeness (QED) is 0.184. The number of hydrogen-bond acceptors (Lipinski definition) is 5. The minimum absolute atomic E-state index is 0.119. The maximum Gasteiger partial charge on any atom is 0.159 e. The van der Waals surface area contributed by atoms with Gasteiger partial charge >= 0.3 is 0 Å². The summed E-state index contributed by atoms with van der Waals surface area (Å²) in [5.74, 6) is 1.47. The molecule has 0 radical (unpaired) electrons. The third kappa shape index (κ3) is 5.15. The minimum atomic E-state index is -0.309. The lowest BCUT2D eigenvalue weighted by Crippen LogP contribution is -2.33. The number of fused-ring (bicyclic) bond motifs is 6. The maximum atomic E-state index is 5.31. The molecular weight excluding hydrogens is 647 g/mol. The minimum Gasteiger partial charge on any atom is -0.344 e. The lowest BCUT2D eigenvalue weighted by molar-refractivity contribution is 0.660. The fourth-order valence-corrected chi connectivity index (χ4v) is 8.21. The van der Waals surface area contributed by atoms with Crippen LogP contribution < -0.4 is 5.32 Å². The molecule has 0 saturated carbocycles. The number of aliphatic imine (C=N–C) groups is 2. The Kier molecular flexibility index (Phi) is 7.15. The zero-order valence-electron chi connectivity index (χ0n) is 29.5. The van der Waals surface area contributed by atoms with E-state index in [0.29, 0.717) is 5.84 Å². The van der Waals surface area contributed by atoms with Gasteiger partial charge in [0.2, 0.25) is 0 Å². The van der Waals surface area contributed by atoms with Crippen molar-refractivity contribution in [1.82, 2.24) is 15.3 Å². The predicted molar refractivity (Wildman–Crippen MR) is 217 cm³/mol. The van der Waals surface area contributed by atoms with Gasteiger partial charge in [-0.1, -0.05) is 129 Å². The number of nitrogens with zero attached hydrogens (tertiary/aromatic N) is 4. The third-order valence-electron chi connectivity index (χ3n) is 10.8. The number of benzene rings is 6. The van der Waals surface area contributed by atoms with Crippen LogP contribution in [-0.4, -0.2) is 21.6 Å². The standard InChI is InChI=1S/C48H35N5/c1-48(2)40-22-10-9-19-38(40)42-36(20-11-23-41(42)48)33-26-34(39-29-32-18-12-24-49-43(32)44-37(39)21-13-25-50-44)28-35(27-33)47-52-45(30-14-5-3-6-15-30)51-46(53-47)31-16-7-4-8-17-31/h3-29,45H,1-2H3,(H,51,52,53). The summed E-state index contributed by atoms with van der Waals surface area (Å²) in [6.45, 7) is 4.66. The van der Waals surface area contributed by atoms with E-state index in [2.05, 4.69) is 134 Å². The molecule has 6 aromatic carbocycles. The first-order chi connectivity index (χ1) is 26.0. The van der Waals surface area contributed by atoms with Gasteiger partial charge < -0.3 is 5.32 Å². The van der Waals surface area contributed by atoms with E-state index < -0.39 is 0 Å². The van der Waals surface area contributed by atoms with Crippen LogP contribution in [0, 0.1) is 0 Å². The van der Waals surface area contributed by atoms with Crippen LogP contribution in [0.2, 0.25) is 0 Å². The molecule has 1 unspecified atom stereocenters. The molecule has 53 heavy (non-hydrogen) atoms. The molecule has 1 aliphatic carbocycles. The highest BCUT2D eigenvalue weighted by molar-refractivity contribution is 6.15. The first-order valence-corrected chi connectivity index (χ1v) is 18.1. The van der Waals surface area contributed by atoms with E-state index in [1.807, 2.05) is 48.8 Å².